The van der Waals surface area contributed by atoms with Crippen LogP contribution in [0.25, 0.3) is 5.82 Å². The van der Waals surface area contributed by atoms with Crippen LogP contribution in [0.1, 0.15) is 17.3 Å². The summed E-state index contributed by atoms with van der Waals surface area (Å²) in [5, 5.41) is 6.90. The van der Waals surface area contributed by atoms with Crippen molar-refractivity contribution in [1.29, 1.82) is 0 Å². The number of hydrogen-bond acceptors (Lipinski definition) is 5. The lowest BCUT2D eigenvalue weighted by Gasteiger charge is -2.15. The summed E-state index contributed by atoms with van der Waals surface area (Å²) in [5.41, 5.74) is 0.502. The third kappa shape index (κ3) is 3.95. The number of hydrogen-bond donors (Lipinski definition) is 1. The van der Waals surface area contributed by atoms with E-state index in [9.17, 15) is 4.79 Å². The largest absolute Gasteiger partial charge is 0.491 e. The van der Waals surface area contributed by atoms with Gasteiger partial charge in [0.2, 0.25) is 0 Å². The average Bonchev–Trinajstić information content (AvgIpc) is 3.16. The molecule has 1 unspecified atom stereocenters. The van der Waals surface area contributed by atoms with E-state index in [1.54, 1.807) is 18.3 Å². The number of pyridine rings is 1. The van der Waals surface area contributed by atoms with Crippen LogP contribution >= 0.6 is 0 Å². The van der Waals surface area contributed by atoms with Gasteiger partial charge in [0, 0.05) is 11.8 Å². The highest BCUT2D eigenvalue weighted by Gasteiger charge is 2.12. The predicted octanol–water partition coefficient (Wildman–Crippen LogP) is 1.86. The molecule has 0 saturated heterocycles. The number of nitrogens with one attached hydrogen (secondary N) is 1. The number of nitrogens with zero attached hydrogens (tertiary/aromatic N) is 4. The fourth-order valence-electron chi connectivity index (χ4n) is 2.10. The standard InChI is InChI=1S/C17H17N5O2/c1-13(10-24-15-5-3-2-4-6-15)21-17(23)14-7-8-19-16(9-14)22-12-18-11-20-22/h2-9,11-13H,10H2,1H3,(H,21,23). The molecule has 0 aliphatic heterocycles. The quantitative estimate of drug-likeness (QED) is 0.749. The Morgan fingerprint density at radius 2 is 2.12 bits per heavy atom. The van der Waals surface area contributed by atoms with Gasteiger partial charge in [-0.05, 0) is 31.2 Å². The lowest BCUT2D eigenvalue weighted by Crippen LogP contribution is -2.36. The zero-order valence-electron chi connectivity index (χ0n) is 13.2. The summed E-state index contributed by atoms with van der Waals surface area (Å²) < 4.78 is 7.14. The summed E-state index contributed by atoms with van der Waals surface area (Å²) in [6.45, 7) is 2.27. The Balaban J connectivity index is 1.59. The topological polar surface area (TPSA) is 81.9 Å². The van der Waals surface area contributed by atoms with Gasteiger partial charge in [0.1, 0.15) is 25.0 Å². The van der Waals surface area contributed by atoms with Gasteiger partial charge in [0.25, 0.3) is 5.91 Å². The molecule has 2 aromatic heterocycles. The molecule has 0 radical (unpaired) electrons. The van der Waals surface area contributed by atoms with Crippen molar-refractivity contribution in [2.45, 2.75) is 13.0 Å². The number of carbonyl (C=O) groups excluding carboxylic acids is 1. The van der Waals surface area contributed by atoms with Gasteiger partial charge in [-0.3, -0.25) is 4.79 Å². The van der Waals surface area contributed by atoms with Gasteiger partial charge in [-0.1, -0.05) is 18.2 Å². The molecule has 0 fully saturated rings. The van der Waals surface area contributed by atoms with Crippen molar-refractivity contribution in [2.24, 2.45) is 0 Å². The van der Waals surface area contributed by atoms with Crippen LogP contribution in [0.5, 0.6) is 5.75 Å². The number of aromatic nitrogens is 4. The SMILES string of the molecule is CC(COc1ccccc1)NC(=O)c1ccnc(-n2cncn2)c1. The molecule has 0 aliphatic carbocycles. The summed E-state index contributed by atoms with van der Waals surface area (Å²) in [4.78, 5) is 20.4. The van der Waals surface area contributed by atoms with Crippen molar-refractivity contribution < 1.29 is 9.53 Å². The van der Waals surface area contributed by atoms with Crippen molar-refractivity contribution in [1.82, 2.24) is 25.1 Å². The molecule has 1 aromatic carbocycles. The Kier molecular flexibility index (Phi) is 4.81. The van der Waals surface area contributed by atoms with Crippen molar-refractivity contribution in [3.8, 4) is 11.6 Å². The Morgan fingerprint density at radius 3 is 2.88 bits per heavy atom. The van der Waals surface area contributed by atoms with Gasteiger partial charge in [-0.25, -0.2) is 14.6 Å². The monoisotopic (exact) mass is 323 g/mol. The first kappa shape index (κ1) is 15.7. The first-order valence-electron chi connectivity index (χ1n) is 7.52. The van der Waals surface area contributed by atoms with Crippen LogP contribution in [-0.2, 0) is 0 Å². The van der Waals surface area contributed by atoms with E-state index in [1.807, 2.05) is 37.3 Å². The maximum atomic E-state index is 12.3. The Morgan fingerprint density at radius 1 is 1.29 bits per heavy atom. The third-order valence-corrected chi connectivity index (χ3v) is 3.28. The zero-order chi connectivity index (χ0) is 16.8. The Labute approximate surface area is 139 Å². The van der Waals surface area contributed by atoms with E-state index in [0.717, 1.165) is 5.75 Å². The van der Waals surface area contributed by atoms with Crippen LogP contribution in [0.15, 0.2) is 61.3 Å². The van der Waals surface area contributed by atoms with E-state index in [1.165, 1.54) is 17.3 Å². The molecular weight excluding hydrogens is 306 g/mol. The van der Waals surface area contributed by atoms with E-state index in [-0.39, 0.29) is 11.9 Å². The van der Waals surface area contributed by atoms with E-state index in [2.05, 4.69) is 20.4 Å². The molecule has 1 amide bonds. The van der Waals surface area contributed by atoms with Crippen LogP contribution in [0.3, 0.4) is 0 Å². The van der Waals surface area contributed by atoms with Gasteiger partial charge in [-0.2, -0.15) is 5.10 Å². The van der Waals surface area contributed by atoms with E-state index < -0.39 is 0 Å². The predicted molar refractivity (Wildman–Crippen MR) is 88.0 cm³/mol. The molecule has 7 nitrogen and oxygen atoms in total. The lowest BCUT2D eigenvalue weighted by molar-refractivity contribution is 0.0926. The van der Waals surface area contributed by atoms with Crippen LogP contribution in [0.2, 0.25) is 0 Å². The minimum atomic E-state index is -0.192. The second-order valence-corrected chi connectivity index (χ2v) is 5.24. The zero-order valence-corrected chi connectivity index (χ0v) is 13.2. The molecular formula is C17H17N5O2. The number of rotatable bonds is 6. The molecule has 0 saturated carbocycles. The van der Waals surface area contributed by atoms with E-state index in [0.29, 0.717) is 18.0 Å². The molecule has 2 heterocycles. The molecule has 0 bridgehead atoms. The summed E-state index contributed by atoms with van der Waals surface area (Å²) in [7, 11) is 0. The summed E-state index contributed by atoms with van der Waals surface area (Å²) >= 11 is 0. The average molecular weight is 323 g/mol. The maximum Gasteiger partial charge on any atom is 0.251 e. The van der Waals surface area contributed by atoms with E-state index >= 15 is 0 Å². The molecule has 1 atom stereocenters. The number of carbonyl (C=O) groups is 1. The minimum absolute atomic E-state index is 0.138. The highest BCUT2D eigenvalue weighted by Crippen LogP contribution is 2.09. The molecule has 24 heavy (non-hydrogen) atoms. The molecule has 7 heteroatoms. The molecule has 122 valence electrons. The van der Waals surface area contributed by atoms with Crippen molar-refractivity contribution in [2.75, 3.05) is 6.61 Å². The van der Waals surface area contributed by atoms with Crippen LogP contribution in [0, 0.1) is 0 Å². The molecule has 3 rings (SSSR count). The summed E-state index contributed by atoms with van der Waals surface area (Å²) in [6, 6.07) is 12.7. The molecule has 0 aliphatic rings. The van der Waals surface area contributed by atoms with Gasteiger partial charge in [0.15, 0.2) is 5.82 Å². The molecule has 1 N–H and O–H groups in total. The van der Waals surface area contributed by atoms with Crippen LogP contribution < -0.4 is 10.1 Å². The van der Waals surface area contributed by atoms with Crippen molar-refractivity contribution >= 4 is 5.91 Å². The maximum absolute atomic E-state index is 12.3. The first-order valence-corrected chi connectivity index (χ1v) is 7.52. The number of ether oxygens (including phenoxy) is 1. The van der Waals surface area contributed by atoms with Gasteiger partial charge < -0.3 is 10.1 Å². The molecule has 0 spiro atoms. The first-order chi connectivity index (χ1) is 11.7. The lowest BCUT2D eigenvalue weighted by atomic mass is 10.2. The van der Waals surface area contributed by atoms with Crippen LogP contribution in [-0.4, -0.2) is 38.3 Å². The van der Waals surface area contributed by atoms with Gasteiger partial charge in [0.05, 0.1) is 6.04 Å². The normalized spacial score (nSPS) is 11.7. The summed E-state index contributed by atoms with van der Waals surface area (Å²) in [5.74, 6) is 1.12. The van der Waals surface area contributed by atoms with Gasteiger partial charge in [-0.15, -0.1) is 0 Å². The minimum Gasteiger partial charge on any atom is -0.491 e. The number of benzene rings is 1. The van der Waals surface area contributed by atoms with Crippen molar-refractivity contribution in [3.63, 3.8) is 0 Å². The second-order valence-electron chi connectivity index (χ2n) is 5.24. The number of amides is 1. The Hall–Kier alpha value is -3.22. The van der Waals surface area contributed by atoms with Gasteiger partial charge >= 0.3 is 0 Å². The highest BCUT2D eigenvalue weighted by molar-refractivity contribution is 5.94. The fraction of sp³-hybridized carbons (Fsp3) is 0.176. The smallest absolute Gasteiger partial charge is 0.251 e. The second kappa shape index (κ2) is 7.36. The third-order valence-electron chi connectivity index (χ3n) is 3.28. The van der Waals surface area contributed by atoms with E-state index in [4.69, 9.17) is 4.74 Å². The van der Waals surface area contributed by atoms with Crippen LogP contribution in [0.4, 0.5) is 0 Å². The number of para-hydroxylation sites is 1. The Bertz CT molecular complexity index is 790. The summed E-state index contributed by atoms with van der Waals surface area (Å²) in [6.07, 6.45) is 4.51. The van der Waals surface area contributed by atoms with Crippen molar-refractivity contribution in [3.05, 3.63) is 66.9 Å². The fourth-order valence-corrected chi connectivity index (χ4v) is 2.10. The molecule has 3 aromatic rings. The highest BCUT2D eigenvalue weighted by atomic mass is 16.5.